The average molecular weight is 210 g/mol. The van der Waals surface area contributed by atoms with Crippen LogP contribution in [0.3, 0.4) is 0 Å². The lowest BCUT2D eigenvalue weighted by molar-refractivity contribution is 0.421. The zero-order chi connectivity index (χ0) is 11.3. The molecule has 0 radical (unpaired) electrons. The normalized spacial score (nSPS) is 13.4. The number of hydrazine groups is 1. The molecular formula is C11H22N4. The van der Waals surface area contributed by atoms with Crippen LogP contribution in [0.4, 0.5) is 0 Å². The van der Waals surface area contributed by atoms with Crippen molar-refractivity contribution in [3.63, 3.8) is 0 Å². The summed E-state index contributed by atoms with van der Waals surface area (Å²) in [5.74, 6) is 6.29. The Bertz CT molecular complexity index is 280. The third-order valence-electron chi connectivity index (χ3n) is 2.64. The number of hydrogen-bond donors (Lipinski definition) is 2. The Balaban J connectivity index is 2.65. The van der Waals surface area contributed by atoms with Gasteiger partial charge in [0.25, 0.3) is 0 Å². The molecule has 0 aliphatic rings. The van der Waals surface area contributed by atoms with Crippen molar-refractivity contribution >= 4 is 0 Å². The smallest absolute Gasteiger partial charge is 0.0629 e. The molecule has 15 heavy (non-hydrogen) atoms. The quantitative estimate of drug-likeness (QED) is 0.556. The van der Waals surface area contributed by atoms with Crippen LogP contribution in [0.5, 0.6) is 0 Å². The Morgan fingerprint density at radius 1 is 1.47 bits per heavy atom. The van der Waals surface area contributed by atoms with Crippen LogP contribution in [0.2, 0.25) is 0 Å². The topological polar surface area (TPSA) is 55.9 Å². The molecule has 1 atom stereocenters. The summed E-state index contributed by atoms with van der Waals surface area (Å²) in [5, 5.41) is 4.25. The van der Waals surface area contributed by atoms with Crippen LogP contribution in [-0.2, 0) is 6.54 Å². The van der Waals surface area contributed by atoms with Gasteiger partial charge in [-0.15, -0.1) is 0 Å². The molecule has 0 aliphatic carbocycles. The van der Waals surface area contributed by atoms with E-state index in [0.29, 0.717) is 5.92 Å². The van der Waals surface area contributed by atoms with Gasteiger partial charge in [-0.05, 0) is 31.7 Å². The molecule has 0 bridgehead atoms. The standard InChI is InChI=1S/C11H22N4/c1-4-15-11(7-8-13-15)10(14-12)6-5-9(2)3/h7-10,14H,4-6,12H2,1-3H3. The van der Waals surface area contributed by atoms with Crippen LogP contribution in [0.25, 0.3) is 0 Å². The van der Waals surface area contributed by atoms with Crippen molar-refractivity contribution in [1.82, 2.24) is 15.2 Å². The second-order valence-corrected chi connectivity index (χ2v) is 4.26. The molecule has 0 saturated heterocycles. The van der Waals surface area contributed by atoms with E-state index < -0.39 is 0 Å². The predicted molar refractivity (Wildman–Crippen MR) is 62.0 cm³/mol. The van der Waals surface area contributed by atoms with Gasteiger partial charge in [-0.1, -0.05) is 13.8 Å². The molecule has 1 unspecified atom stereocenters. The first-order chi connectivity index (χ1) is 7.19. The van der Waals surface area contributed by atoms with E-state index in [4.69, 9.17) is 5.84 Å². The van der Waals surface area contributed by atoms with Gasteiger partial charge in [0, 0.05) is 12.7 Å². The molecule has 1 aromatic rings. The third kappa shape index (κ3) is 3.32. The minimum Gasteiger partial charge on any atom is -0.271 e. The fraction of sp³-hybridized carbons (Fsp3) is 0.727. The van der Waals surface area contributed by atoms with E-state index >= 15 is 0 Å². The van der Waals surface area contributed by atoms with Gasteiger partial charge in [-0.25, -0.2) is 0 Å². The van der Waals surface area contributed by atoms with Crippen LogP contribution in [0, 0.1) is 5.92 Å². The van der Waals surface area contributed by atoms with Crippen molar-refractivity contribution < 1.29 is 0 Å². The van der Waals surface area contributed by atoms with Crippen LogP contribution in [-0.4, -0.2) is 9.78 Å². The van der Waals surface area contributed by atoms with Gasteiger partial charge in [-0.2, -0.15) is 5.10 Å². The Morgan fingerprint density at radius 3 is 2.73 bits per heavy atom. The molecule has 1 heterocycles. The molecule has 0 fully saturated rings. The van der Waals surface area contributed by atoms with Gasteiger partial charge >= 0.3 is 0 Å². The van der Waals surface area contributed by atoms with Crippen molar-refractivity contribution in [3.8, 4) is 0 Å². The van der Waals surface area contributed by atoms with E-state index in [-0.39, 0.29) is 6.04 Å². The molecule has 0 amide bonds. The maximum atomic E-state index is 5.58. The molecule has 0 spiro atoms. The molecular weight excluding hydrogens is 188 g/mol. The lowest BCUT2D eigenvalue weighted by Gasteiger charge is -2.18. The van der Waals surface area contributed by atoms with E-state index in [9.17, 15) is 0 Å². The largest absolute Gasteiger partial charge is 0.271 e. The van der Waals surface area contributed by atoms with E-state index in [1.165, 1.54) is 12.1 Å². The highest BCUT2D eigenvalue weighted by Gasteiger charge is 2.14. The molecule has 4 nitrogen and oxygen atoms in total. The minimum absolute atomic E-state index is 0.217. The highest BCUT2D eigenvalue weighted by Crippen LogP contribution is 2.19. The third-order valence-corrected chi connectivity index (χ3v) is 2.64. The first kappa shape index (κ1) is 12.2. The Kier molecular flexibility index (Phi) is 4.78. The van der Waals surface area contributed by atoms with Crippen molar-refractivity contribution in [2.24, 2.45) is 11.8 Å². The van der Waals surface area contributed by atoms with Gasteiger partial charge in [0.2, 0.25) is 0 Å². The Labute approximate surface area is 91.8 Å². The summed E-state index contributed by atoms with van der Waals surface area (Å²) < 4.78 is 1.99. The summed E-state index contributed by atoms with van der Waals surface area (Å²) in [6.07, 6.45) is 4.06. The first-order valence-corrected chi connectivity index (χ1v) is 5.66. The summed E-state index contributed by atoms with van der Waals surface area (Å²) in [7, 11) is 0. The zero-order valence-corrected chi connectivity index (χ0v) is 9.90. The van der Waals surface area contributed by atoms with Crippen LogP contribution in [0.15, 0.2) is 12.3 Å². The molecule has 0 saturated carbocycles. The van der Waals surface area contributed by atoms with Gasteiger partial charge in [0.1, 0.15) is 0 Å². The highest BCUT2D eigenvalue weighted by atomic mass is 15.3. The number of aryl methyl sites for hydroxylation is 1. The zero-order valence-electron chi connectivity index (χ0n) is 9.90. The van der Waals surface area contributed by atoms with E-state index in [2.05, 4.69) is 31.3 Å². The number of aromatic nitrogens is 2. The number of nitrogens with two attached hydrogens (primary N) is 1. The summed E-state index contributed by atoms with van der Waals surface area (Å²) in [6, 6.07) is 2.25. The average Bonchev–Trinajstić information content (AvgIpc) is 2.66. The van der Waals surface area contributed by atoms with E-state index in [1.807, 2.05) is 16.9 Å². The monoisotopic (exact) mass is 210 g/mol. The van der Waals surface area contributed by atoms with Crippen molar-refractivity contribution in [2.75, 3.05) is 0 Å². The number of nitrogens with one attached hydrogen (secondary N) is 1. The van der Waals surface area contributed by atoms with E-state index in [1.54, 1.807) is 0 Å². The molecule has 0 aliphatic heterocycles. The lowest BCUT2D eigenvalue weighted by Crippen LogP contribution is -2.30. The molecule has 0 aromatic carbocycles. The molecule has 1 aromatic heterocycles. The van der Waals surface area contributed by atoms with Crippen LogP contribution < -0.4 is 11.3 Å². The molecule has 4 heteroatoms. The van der Waals surface area contributed by atoms with Crippen molar-refractivity contribution in [3.05, 3.63) is 18.0 Å². The number of hydrogen-bond acceptors (Lipinski definition) is 3. The first-order valence-electron chi connectivity index (χ1n) is 5.66. The van der Waals surface area contributed by atoms with Crippen LogP contribution in [0.1, 0.15) is 45.3 Å². The lowest BCUT2D eigenvalue weighted by atomic mass is 10.0. The fourth-order valence-corrected chi connectivity index (χ4v) is 1.72. The summed E-state index contributed by atoms with van der Waals surface area (Å²) in [5.41, 5.74) is 4.05. The summed E-state index contributed by atoms with van der Waals surface area (Å²) in [4.78, 5) is 0. The fourth-order valence-electron chi connectivity index (χ4n) is 1.72. The molecule has 3 N–H and O–H groups in total. The van der Waals surface area contributed by atoms with Crippen molar-refractivity contribution in [1.29, 1.82) is 0 Å². The second-order valence-electron chi connectivity index (χ2n) is 4.26. The second kappa shape index (κ2) is 5.88. The highest BCUT2D eigenvalue weighted by molar-refractivity contribution is 5.06. The SMILES string of the molecule is CCn1nccc1C(CCC(C)C)NN. The van der Waals surface area contributed by atoms with Gasteiger partial charge in [0.05, 0.1) is 11.7 Å². The predicted octanol–water partition coefficient (Wildman–Crippen LogP) is 1.84. The Morgan fingerprint density at radius 2 is 2.20 bits per heavy atom. The van der Waals surface area contributed by atoms with Crippen molar-refractivity contribution in [2.45, 2.75) is 46.2 Å². The van der Waals surface area contributed by atoms with Gasteiger partial charge < -0.3 is 0 Å². The maximum absolute atomic E-state index is 5.58. The summed E-state index contributed by atoms with van der Waals surface area (Å²) >= 11 is 0. The van der Waals surface area contributed by atoms with Gasteiger partial charge in [-0.3, -0.25) is 16.0 Å². The number of nitrogens with zero attached hydrogens (tertiary/aromatic N) is 2. The van der Waals surface area contributed by atoms with E-state index in [0.717, 1.165) is 13.0 Å². The molecule has 86 valence electrons. The minimum atomic E-state index is 0.217. The molecule has 1 rings (SSSR count). The summed E-state index contributed by atoms with van der Waals surface area (Å²) in [6.45, 7) is 7.43. The number of rotatable bonds is 6. The Hall–Kier alpha value is -0.870. The van der Waals surface area contributed by atoms with Crippen LogP contribution >= 0.6 is 0 Å². The van der Waals surface area contributed by atoms with Gasteiger partial charge in [0.15, 0.2) is 0 Å². The maximum Gasteiger partial charge on any atom is 0.0629 e.